The van der Waals surface area contributed by atoms with E-state index in [-0.39, 0.29) is 17.5 Å². The van der Waals surface area contributed by atoms with Crippen molar-refractivity contribution >= 4 is 5.84 Å². The van der Waals surface area contributed by atoms with Crippen LogP contribution in [0.25, 0.3) is 0 Å². The van der Waals surface area contributed by atoms with Crippen LogP contribution in [0.3, 0.4) is 0 Å². The van der Waals surface area contributed by atoms with Crippen LogP contribution in [0.15, 0.2) is 18.2 Å². The summed E-state index contributed by atoms with van der Waals surface area (Å²) in [6, 6.07) is 5.06. The Morgan fingerprint density at radius 3 is 2.81 bits per heavy atom. The second kappa shape index (κ2) is 4.08. The molecule has 0 saturated heterocycles. The van der Waals surface area contributed by atoms with Crippen LogP contribution < -0.4 is 10.5 Å². The minimum absolute atomic E-state index is 0.0857. The minimum Gasteiger partial charge on any atom is -0.435 e. The number of nitrogens with two attached hydrogens (primary N) is 1. The second-order valence-electron chi connectivity index (χ2n) is 3.83. The molecule has 0 spiro atoms. The molecule has 0 bridgehead atoms. The van der Waals surface area contributed by atoms with E-state index in [0.717, 1.165) is 11.1 Å². The lowest BCUT2D eigenvalue weighted by atomic mass is 10.1. The fraction of sp³-hybridized carbons (Fsp3) is 0.364. The maximum absolute atomic E-state index is 12.2. The van der Waals surface area contributed by atoms with Gasteiger partial charge in [0.15, 0.2) is 0 Å². The zero-order chi connectivity index (χ0) is 11.7. The number of halogens is 2. The SMILES string of the molecule is N=C(N)C1Cc2cccc(OC(F)F)c2C1. The Kier molecular flexibility index (Phi) is 2.77. The van der Waals surface area contributed by atoms with Crippen LogP contribution in [0, 0.1) is 11.3 Å². The average molecular weight is 226 g/mol. The van der Waals surface area contributed by atoms with Gasteiger partial charge in [0.1, 0.15) is 5.75 Å². The highest BCUT2D eigenvalue weighted by molar-refractivity contribution is 5.81. The molecule has 0 heterocycles. The molecule has 1 aliphatic rings. The van der Waals surface area contributed by atoms with Gasteiger partial charge in [-0.15, -0.1) is 0 Å². The van der Waals surface area contributed by atoms with Gasteiger partial charge in [-0.3, -0.25) is 5.41 Å². The lowest BCUT2D eigenvalue weighted by Crippen LogP contribution is -2.22. The van der Waals surface area contributed by atoms with E-state index in [9.17, 15) is 8.78 Å². The van der Waals surface area contributed by atoms with Crippen molar-refractivity contribution in [1.82, 2.24) is 0 Å². The summed E-state index contributed by atoms with van der Waals surface area (Å²) >= 11 is 0. The normalized spacial score (nSPS) is 18.6. The summed E-state index contributed by atoms with van der Waals surface area (Å²) in [6.45, 7) is -2.82. The van der Waals surface area contributed by atoms with Gasteiger partial charge < -0.3 is 10.5 Å². The first-order valence-electron chi connectivity index (χ1n) is 4.97. The highest BCUT2D eigenvalue weighted by Gasteiger charge is 2.27. The van der Waals surface area contributed by atoms with Crippen LogP contribution in [0.2, 0.25) is 0 Å². The highest BCUT2D eigenvalue weighted by atomic mass is 19.3. The molecule has 0 radical (unpaired) electrons. The van der Waals surface area contributed by atoms with Crippen LogP contribution in [0.1, 0.15) is 11.1 Å². The molecule has 1 aromatic rings. The smallest absolute Gasteiger partial charge is 0.387 e. The van der Waals surface area contributed by atoms with Crippen molar-refractivity contribution in [3.8, 4) is 5.75 Å². The summed E-state index contributed by atoms with van der Waals surface area (Å²) in [6.07, 6.45) is 1.14. The van der Waals surface area contributed by atoms with Crippen molar-refractivity contribution in [1.29, 1.82) is 5.41 Å². The Hall–Kier alpha value is -1.65. The molecule has 1 aromatic carbocycles. The third kappa shape index (κ3) is 1.98. The zero-order valence-electron chi connectivity index (χ0n) is 8.54. The van der Waals surface area contributed by atoms with Gasteiger partial charge >= 0.3 is 6.61 Å². The number of hydrogen-bond donors (Lipinski definition) is 2. The van der Waals surface area contributed by atoms with E-state index in [2.05, 4.69) is 4.74 Å². The summed E-state index contributed by atoms with van der Waals surface area (Å²) in [5, 5.41) is 7.37. The number of nitrogens with one attached hydrogen (secondary N) is 1. The van der Waals surface area contributed by atoms with E-state index < -0.39 is 6.61 Å². The number of amidine groups is 1. The molecule has 1 atom stereocenters. The van der Waals surface area contributed by atoms with Gasteiger partial charge in [-0.2, -0.15) is 8.78 Å². The highest BCUT2D eigenvalue weighted by Crippen LogP contribution is 2.34. The molecule has 0 aromatic heterocycles. The first kappa shape index (κ1) is 10.9. The van der Waals surface area contributed by atoms with Crippen LogP contribution in [-0.4, -0.2) is 12.4 Å². The molecule has 1 unspecified atom stereocenters. The van der Waals surface area contributed by atoms with E-state index in [1.165, 1.54) is 6.07 Å². The summed E-state index contributed by atoms with van der Waals surface area (Å²) in [7, 11) is 0. The summed E-state index contributed by atoms with van der Waals surface area (Å²) in [5.74, 6) is 0.216. The Labute approximate surface area is 91.7 Å². The monoisotopic (exact) mass is 226 g/mol. The van der Waals surface area contributed by atoms with Gasteiger partial charge in [0.2, 0.25) is 0 Å². The number of rotatable bonds is 3. The average Bonchev–Trinajstić information content (AvgIpc) is 2.61. The summed E-state index contributed by atoms with van der Waals surface area (Å²) < 4.78 is 28.8. The van der Waals surface area contributed by atoms with Crippen molar-refractivity contribution < 1.29 is 13.5 Å². The van der Waals surface area contributed by atoms with Gasteiger partial charge in [0.05, 0.1) is 5.84 Å². The lowest BCUT2D eigenvalue weighted by Gasteiger charge is -2.09. The van der Waals surface area contributed by atoms with E-state index in [4.69, 9.17) is 11.1 Å². The standard InChI is InChI=1S/C11H12F2N2O/c12-11(13)16-9-3-1-2-6-4-7(10(14)15)5-8(6)9/h1-3,7,11H,4-5H2,(H3,14,15). The van der Waals surface area contributed by atoms with Gasteiger partial charge in [-0.25, -0.2) is 0 Å². The predicted octanol–water partition coefficient (Wildman–Crippen LogP) is 1.94. The molecular weight excluding hydrogens is 214 g/mol. The van der Waals surface area contributed by atoms with Crippen LogP contribution in [-0.2, 0) is 12.8 Å². The summed E-state index contributed by atoms with van der Waals surface area (Å²) in [5.41, 5.74) is 7.12. The molecule has 0 fully saturated rings. The quantitative estimate of drug-likeness (QED) is 0.611. The van der Waals surface area contributed by atoms with Crippen molar-refractivity contribution in [2.45, 2.75) is 19.5 Å². The molecule has 1 aliphatic carbocycles. The second-order valence-corrected chi connectivity index (χ2v) is 3.83. The molecule has 5 heteroatoms. The summed E-state index contributed by atoms with van der Waals surface area (Å²) in [4.78, 5) is 0. The van der Waals surface area contributed by atoms with E-state index >= 15 is 0 Å². The molecule has 16 heavy (non-hydrogen) atoms. The van der Waals surface area contributed by atoms with Crippen LogP contribution in [0.4, 0.5) is 8.78 Å². The topological polar surface area (TPSA) is 59.1 Å². The molecule has 0 saturated carbocycles. The molecule has 3 nitrogen and oxygen atoms in total. The van der Waals surface area contributed by atoms with Crippen molar-refractivity contribution in [3.05, 3.63) is 29.3 Å². The lowest BCUT2D eigenvalue weighted by molar-refractivity contribution is -0.0504. The Bertz CT molecular complexity index is 420. The largest absolute Gasteiger partial charge is 0.435 e. The van der Waals surface area contributed by atoms with E-state index in [1.807, 2.05) is 6.07 Å². The zero-order valence-corrected chi connectivity index (χ0v) is 8.54. The van der Waals surface area contributed by atoms with Gasteiger partial charge in [0.25, 0.3) is 0 Å². The molecule has 0 amide bonds. The maximum Gasteiger partial charge on any atom is 0.387 e. The third-order valence-corrected chi connectivity index (χ3v) is 2.80. The van der Waals surface area contributed by atoms with Crippen molar-refractivity contribution in [3.63, 3.8) is 0 Å². The molecule has 3 N–H and O–H groups in total. The third-order valence-electron chi connectivity index (χ3n) is 2.80. The number of hydrogen-bond acceptors (Lipinski definition) is 2. The van der Waals surface area contributed by atoms with Crippen LogP contribution in [0.5, 0.6) is 5.75 Å². The Morgan fingerprint density at radius 1 is 1.44 bits per heavy atom. The fourth-order valence-electron chi connectivity index (χ4n) is 2.04. The van der Waals surface area contributed by atoms with Gasteiger partial charge in [-0.05, 0) is 30.0 Å². The van der Waals surface area contributed by atoms with Gasteiger partial charge in [0, 0.05) is 5.92 Å². The minimum atomic E-state index is -2.82. The van der Waals surface area contributed by atoms with Crippen LogP contribution >= 0.6 is 0 Å². The van der Waals surface area contributed by atoms with Crippen molar-refractivity contribution in [2.24, 2.45) is 11.7 Å². The Balaban J connectivity index is 2.27. The first-order valence-corrected chi connectivity index (χ1v) is 4.97. The number of benzene rings is 1. The Morgan fingerprint density at radius 2 is 2.19 bits per heavy atom. The maximum atomic E-state index is 12.2. The number of fused-ring (bicyclic) bond motifs is 1. The first-order chi connectivity index (χ1) is 7.58. The molecule has 0 aliphatic heterocycles. The van der Waals surface area contributed by atoms with E-state index in [0.29, 0.717) is 12.8 Å². The molecule has 86 valence electrons. The molecular formula is C11H12F2N2O. The predicted molar refractivity (Wildman–Crippen MR) is 55.9 cm³/mol. The van der Waals surface area contributed by atoms with Gasteiger partial charge in [-0.1, -0.05) is 12.1 Å². The molecule has 2 rings (SSSR count). The van der Waals surface area contributed by atoms with E-state index in [1.54, 1.807) is 6.07 Å². The van der Waals surface area contributed by atoms with Crippen molar-refractivity contribution in [2.75, 3.05) is 0 Å². The number of alkyl halides is 2. The fourth-order valence-corrected chi connectivity index (χ4v) is 2.04. The number of ether oxygens (including phenoxy) is 1.